The molecule has 0 aromatic carbocycles. The molecule has 0 aromatic rings. The number of urea groups is 1. The van der Waals surface area contributed by atoms with E-state index in [1.54, 1.807) is 6.92 Å². The van der Waals surface area contributed by atoms with Crippen molar-refractivity contribution in [3.8, 4) is 0 Å². The normalized spacial score (nSPS) is 20.1. The fourth-order valence-electron chi connectivity index (χ4n) is 6.33. The molecule has 6 amide bonds. The van der Waals surface area contributed by atoms with Gasteiger partial charge < -0.3 is 36.2 Å². The van der Waals surface area contributed by atoms with Crippen molar-refractivity contribution in [2.24, 2.45) is 23.2 Å². The maximum atomic E-state index is 14.5. The highest BCUT2D eigenvalue weighted by molar-refractivity contribution is 6.38. The van der Waals surface area contributed by atoms with Gasteiger partial charge in [0.15, 0.2) is 0 Å². The summed E-state index contributed by atoms with van der Waals surface area (Å²) in [7, 11) is 0. The van der Waals surface area contributed by atoms with E-state index in [0.29, 0.717) is 19.4 Å². The largest absolute Gasteiger partial charge is 0.447 e. The predicted octanol–water partition coefficient (Wildman–Crippen LogP) is 3.97. The van der Waals surface area contributed by atoms with Crippen molar-refractivity contribution in [2.45, 2.75) is 123 Å². The maximum absolute atomic E-state index is 14.5. The summed E-state index contributed by atoms with van der Waals surface area (Å²) in [5.41, 5.74) is -0.542. The highest BCUT2D eigenvalue weighted by atomic mass is 19.4. The Morgan fingerprint density at radius 1 is 0.941 bits per heavy atom. The molecule has 1 aliphatic heterocycles. The molecule has 0 radical (unpaired) electrons. The molecule has 0 aromatic heterocycles. The summed E-state index contributed by atoms with van der Waals surface area (Å²) in [5, 5.41) is 12.8. The number of alkyl carbamates (subject to hydrolysis) is 1. The zero-order valence-corrected chi connectivity index (χ0v) is 30.8. The molecule has 1 saturated carbocycles. The lowest BCUT2D eigenvalue weighted by Crippen LogP contribution is -2.60. The second kappa shape index (κ2) is 19.7. The third-order valence-electron chi connectivity index (χ3n) is 9.57. The SMILES string of the molecule is C=CCNC(=O)C(=O)C(CCC(F)(F)F)NC(=O)C1CC(C(C)C)CN1C(=O)C(NC(=O)NC(COC(=O)NCC)C(C)(C)C)C1CCCCC1. The van der Waals surface area contributed by atoms with Crippen molar-refractivity contribution >= 4 is 35.6 Å². The standard InChI is InChI=1S/C35H57F3N6O7/c1-8-17-40-30(47)28(45)24(15-16-35(36,37)38)41-29(46)25-18-23(21(3)4)19-44(25)31(48)27(22-13-11-10-12-14-22)43-32(49)42-26(34(5,6)7)20-51-33(50)39-9-2/h8,21-27H,1,9-20H2,2-7H3,(H,39,50)(H,40,47)(H,41,46)(H2,42,43,49). The zero-order valence-electron chi connectivity index (χ0n) is 30.8. The van der Waals surface area contributed by atoms with Crippen LogP contribution in [0.4, 0.5) is 22.8 Å². The van der Waals surface area contributed by atoms with E-state index < -0.39 is 84.2 Å². The topological polar surface area (TPSA) is 175 Å². The van der Waals surface area contributed by atoms with E-state index in [1.165, 1.54) is 11.0 Å². The molecule has 51 heavy (non-hydrogen) atoms. The number of hydrogen-bond acceptors (Lipinski definition) is 7. The Bertz CT molecular complexity index is 1230. The van der Waals surface area contributed by atoms with Gasteiger partial charge in [0.25, 0.3) is 5.91 Å². The van der Waals surface area contributed by atoms with Gasteiger partial charge in [0.05, 0.1) is 12.1 Å². The second-order valence-corrected chi connectivity index (χ2v) is 14.9. The summed E-state index contributed by atoms with van der Waals surface area (Å²) < 4.78 is 44.9. The Balaban J connectivity index is 2.37. The van der Waals surface area contributed by atoms with Gasteiger partial charge in [-0.15, -0.1) is 6.58 Å². The first-order valence-corrected chi connectivity index (χ1v) is 17.9. The van der Waals surface area contributed by atoms with Crippen LogP contribution in [0.2, 0.25) is 0 Å². The summed E-state index contributed by atoms with van der Waals surface area (Å²) in [5.74, 6) is -4.19. The summed E-state index contributed by atoms with van der Waals surface area (Å²) in [6.07, 6.45) is -2.20. The fourth-order valence-corrected chi connectivity index (χ4v) is 6.33. The van der Waals surface area contributed by atoms with E-state index in [2.05, 4.69) is 33.2 Å². The number of ether oxygens (including phenoxy) is 1. The average Bonchev–Trinajstić information content (AvgIpc) is 3.51. The number of carbonyl (C=O) groups is 6. The van der Waals surface area contributed by atoms with Crippen molar-refractivity contribution in [2.75, 3.05) is 26.2 Å². The highest BCUT2D eigenvalue weighted by Crippen LogP contribution is 2.33. The summed E-state index contributed by atoms with van der Waals surface area (Å²) >= 11 is 0. The molecule has 2 rings (SSSR count). The lowest BCUT2D eigenvalue weighted by molar-refractivity contribution is -0.147. The molecule has 290 valence electrons. The minimum atomic E-state index is -4.65. The third kappa shape index (κ3) is 14.0. The smallest absolute Gasteiger partial charge is 0.407 e. The van der Waals surface area contributed by atoms with Gasteiger partial charge in [0.1, 0.15) is 18.7 Å². The number of nitrogens with zero attached hydrogens (tertiary/aromatic N) is 1. The monoisotopic (exact) mass is 730 g/mol. The number of ketones is 1. The Labute approximate surface area is 299 Å². The van der Waals surface area contributed by atoms with Crippen molar-refractivity contribution in [1.29, 1.82) is 0 Å². The Kier molecular flexibility index (Phi) is 16.7. The van der Waals surface area contributed by atoms with Crippen LogP contribution in [0.15, 0.2) is 12.7 Å². The van der Waals surface area contributed by atoms with Crippen LogP contribution in [0, 0.1) is 23.2 Å². The molecule has 5 atom stereocenters. The van der Waals surface area contributed by atoms with Crippen molar-refractivity contribution in [3.05, 3.63) is 12.7 Å². The molecule has 5 unspecified atom stereocenters. The van der Waals surface area contributed by atoms with Crippen molar-refractivity contribution in [1.82, 2.24) is 31.5 Å². The predicted molar refractivity (Wildman–Crippen MR) is 184 cm³/mol. The number of amides is 6. The van der Waals surface area contributed by atoms with E-state index >= 15 is 0 Å². The fraction of sp³-hybridized carbons (Fsp3) is 0.771. The number of carbonyl (C=O) groups excluding carboxylic acids is 6. The molecule has 1 heterocycles. The van der Waals surface area contributed by atoms with Gasteiger partial charge >= 0.3 is 18.3 Å². The van der Waals surface area contributed by atoms with E-state index in [1.807, 2.05) is 34.6 Å². The van der Waals surface area contributed by atoms with E-state index in [4.69, 9.17) is 4.74 Å². The number of hydrogen-bond donors (Lipinski definition) is 5. The molecular formula is C35H57F3N6O7. The molecule has 1 saturated heterocycles. The lowest BCUT2D eigenvalue weighted by Gasteiger charge is -2.36. The quantitative estimate of drug-likeness (QED) is 0.118. The Hall–Kier alpha value is -3.85. The van der Waals surface area contributed by atoms with Crippen LogP contribution < -0.4 is 26.6 Å². The van der Waals surface area contributed by atoms with Crippen LogP contribution in [-0.4, -0.2) is 97.1 Å². The van der Waals surface area contributed by atoms with Crippen LogP contribution in [0.25, 0.3) is 0 Å². The van der Waals surface area contributed by atoms with Gasteiger partial charge in [-0.1, -0.05) is 60.0 Å². The maximum Gasteiger partial charge on any atom is 0.407 e. The Morgan fingerprint density at radius 3 is 2.14 bits per heavy atom. The van der Waals surface area contributed by atoms with E-state index in [0.717, 1.165) is 19.3 Å². The average molecular weight is 731 g/mol. The molecule has 1 aliphatic carbocycles. The molecular weight excluding hydrogens is 673 g/mol. The molecule has 2 aliphatic rings. The number of alkyl halides is 3. The lowest BCUT2D eigenvalue weighted by atomic mass is 9.83. The Morgan fingerprint density at radius 2 is 1.59 bits per heavy atom. The van der Waals surface area contributed by atoms with Gasteiger partial charge in [-0.2, -0.15) is 13.2 Å². The minimum Gasteiger partial charge on any atom is -0.447 e. The minimum absolute atomic E-state index is 0.0206. The number of likely N-dealkylation sites (tertiary alicyclic amines) is 1. The molecule has 2 fully saturated rings. The molecule has 0 spiro atoms. The number of Topliss-reactive ketones (excluding diaryl/α,β-unsaturated/α-hetero) is 1. The van der Waals surface area contributed by atoms with Gasteiger partial charge in [0.2, 0.25) is 17.6 Å². The number of nitrogens with one attached hydrogen (secondary N) is 5. The first-order valence-electron chi connectivity index (χ1n) is 17.9. The van der Waals surface area contributed by atoms with Crippen LogP contribution >= 0.6 is 0 Å². The van der Waals surface area contributed by atoms with Gasteiger partial charge in [-0.3, -0.25) is 19.2 Å². The first-order chi connectivity index (χ1) is 23.8. The second-order valence-electron chi connectivity index (χ2n) is 14.9. The third-order valence-corrected chi connectivity index (χ3v) is 9.57. The molecule has 5 N–H and O–H groups in total. The van der Waals surface area contributed by atoms with Gasteiger partial charge in [0, 0.05) is 26.1 Å². The number of rotatable bonds is 16. The number of halogens is 3. The zero-order chi connectivity index (χ0) is 38.5. The van der Waals surface area contributed by atoms with Crippen LogP contribution in [-0.2, 0) is 23.9 Å². The van der Waals surface area contributed by atoms with E-state index in [9.17, 15) is 41.9 Å². The molecule has 0 bridgehead atoms. The van der Waals surface area contributed by atoms with Gasteiger partial charge in [-0.05, 0) is 55.8 Å². The van der Waals surface area contributed by atoms with Crippen LogP contribution in [0.5, 0.6) is 0 Å². The van der Waals surface area contributed by atoms with Crippen molar-refractivity contribution < 1.29 is 46.7 Å². The van der Waals surface area contributed by atoms with E-state index in [-0.39, 0.29) is 43.9 Å². The van der Waals surface area contributed by atoms with Crippen molar-refractivity contribution in [3.63, 3.8) is 0 Å². The summed E-state index contributed by atoms with van der Waals surface area (Å²) in [6.45, 7) is 14.9. The van der Waals surface area contributed by atoms with Crippen LogP contribution in [0.1, 0.15) is 92.9 Å². The highest BCUT2D eigenvalue weighted by Gasteiger charge is 2.46. The van der Waals surface area contributed by atoms with Gasteiger partial charge in [-0.25, -0.2) is 9.59 Å². The summed E-state index contributed by atoms with van der Waals surface area (Å²) in [6, 6.07) is -5.28. The molecule has 16 heteroatoms. The molecule has 13 nitrogen and oxygen atoms in total. The van der Waals surface area contributed by atoms with Crippen LogP contribution in [0.3, 0.4) is 0 Å². The summed E-state index contributed by atoms with van der Waals surface area (Å²) in [4.78, 5) is 80.5. The first kappa shape index (κ1) is 43.3.